The van der Waals surface area contributed by atoms with Crippen LogP contribution in [0, 0.1) is 0 Å². The van der Waals surface area contributed by atoms with Gasteiger partial charge in [-0.25, -0.2) is 0 Å². The fourth-order valence-electron chi connectivity index (χ4n) is 4.76. The minimum atomic E-state index is -0.182. The summed E-state index contributed by atoms with van der Waals surface area (Å²) in [5, 5.41) is 2.38. The van der Waals surface area contributed by atoms with Crippen LogP contribution in [-0.2, 0) is 6.42 Å². The maximum absolute atomic E-state index is 13.5. The van der Waals surface area contributed by atoms with Crippen molar-refractivity contribution in [3.63, 3.8) is 0 Å². The van der Waals surface area contributed by atoms with Crippen LogP contribution in [0.5, 0.6) is 0 Å². The van der Waals surface area contributed by atoms with Crippen molar-refractivity contribution in [2.45, 2.75) is 12.5 Å². The molecule has 5 nitrogen and oxygen atoms in total. The van der Waals surface area contributed by atoms with E-state index in [1.807, 2.05) is 29.3 Å². The molecule has 4 heterocycles. The molecule has 146 valence electrons. The Labute approximate surface area is 173 Å². The summed E-state index contributed by atoms with van der Waals surface area (Å²) in [7, 11) is 0. The lowest BCUT2D eigenvalue weighted by Crippen LogP contribution is -2.40. The smallest absolute Gasteiger partial charge is 0.254 e. The second-order valence-corrected chi connectivity index (χ2v) is 7.74. The molecular formula is C25H20N4O. The van der Waals surface area contributed by atoms with Crippen molar-refractivity contribution in [1.82, 2.24) is 19.9 Å². The lowest BCUT2D eigenvalue weighted by atomic mass is 9.91. The summed E-state index contributed by atoms with van der Waals surface area (Å²) in [6, 6.07) is 20.0. The summed E-state index contributed by atoms with van der Waals surface area (Å²) in [5.74, 6) is 0.0250. The number of hydrogen-bond acceptors (Lipinski definition) is 2. The number of carbonyl (C=O) groups is 1. The van der Waals surface area contributed by atoms with Crippen molar-refractivity contribution in [2.24, 2.45) is 0 Å². The third-order valence-corrected chi connectivity index (χ3v) is 6.14. The highest BCUT2D eigenvalue weighted by Gasteiger charge is 2.36. The van der Waals surface area contributed by atoms with Crippen molar-refractivity contribution in [1.29, 1.82) is 0 Å². The van der Waals surface area contributed by atoms with Gasteiger partial charge in [0.05, 0.1) is 6.04 Å². The molecule has 3 aromatic heterocycles. The average Bonchev–Trinajstić information content (AvgIpc) is 3.40. The summed E-state index contributed by atoms with van der Waals surface area (Å²) in [5.41, 5.74) is 6.38. The van der Waals surface area contributed by atoms with Crippen molar-refractivity contribution in [3.05, 3.63) is 102 Å². The van der Waals surface area contributed by atoms with Crippen LogP contribution >= 0.6 is 0 Å². The summed E-state index contributed by atoms with van der Waals surface area (Å²) >= 11 is 0. The number of nitrogens with one attached hydrogen (secondary N) is 2. The van der Waals surface area contributed by atoms with Crippen molar-refractivity contribution in [2.75, 3.05) is 6.54 Å². The van der Waals surface area contributed by atoms with E-state index in [1.54, 1.807) is 24.5 Å². The van der Waals surface area contributed by atoms with Crippen molar-refractivity contribution < 1.29 is 4.79 Å². The number of pyridine rings is 1. The number of benzene rings is 2. The van der Waals surface area contributed by atoms with E-state index >= 15 is 0 Å². The lowest BCUT2D eigenvalue weighted by molar-refractivity contribution is 0.0693. The van der Waals surface area contributed by atoms with Crippen LogP contribution in [0.25, 0.3) is 21.8 Å². The number of H-pyrrole nitrogens is 2. The van der Waals surface area contributed by atoms with E-state index in [1.165, 1.54) is 10.9 Å². The molecule has 0 saturated carbocycles. The van der Waals surface area contributed by atoms with Crippen molar-refractivity contribution in [3.8, 4) is 0 Å². The monoisotopic (exact) mass is 392 g/mol. The van der Waals surface area contributed by atoms with Crippen LogP contribution in [0.3, 0.4) is 0 Å². The van der Waals surface area contributed by atoms with Crippen LogP contribution < -0.4 is 0 Å². The number of amides is 1. The normalized spacial score (nSPS) is 16.1. The zero-order valence-electron chi connectivity index (χ0n) is 16.3. The number of para-hydroxylation sites is 2. The highest BCUT2D eigenvalue weighted by atomic mass is 16.2. The Hall–Kier alpha value is -3.86. The molecule has 1 aliphatic heterocycles. The molecule has 1 unspecified atom stereocenters. The molecule has 2 aromatic carbocycles. The van der Waals surface area contributed by atoms with Gasteiger partial charge in [0.1, 0.15) is 0 Å². The number of nitrogens with zero attached hydrogens (tertiary/aromatic N) is 2. The predicted molar refractivity (Wildman–Crippen MR) is 117 cm³/mol. The molecule has 1 aliphatic rings. The summed E-state index contributed by atoms with van der Waals surface area (Å²) in [6.45, 7) is 0.667. The fourth-order valence-corrected chi connectivity index (χ4v) is 4.76. The molecule has 5 aromatic rings. The molecule has 0 fully saturated rings. The quantitative estimate of drug-likeness (QED) is 0.452. The van der Waals surface area contributed by atoms with Gasteiger partial charge in [0.15, 0.2) is 0 Å². The molecule has 6 rings (SSSR count). The topological polar surface area (TPSA) is 64.8 Å². The Morgan fingerprint density at radius 3 is 2.50 bits per heavy atom. The van der Waals surface area contributed by atoms with Gasteiger partial charge in [-0.15, -0.1) is 0 Å². The number of fused-ring (bicyclic) bond motifs is 4. The third kappa shape index (κ3) is 2.48. The number of aromatic nitrogens is 3. The maximum Gasteiger partial charge on any atom is 0.254 e. The van der Waals surface area contributed by atoms with E-state index in [0.717, 1.165) is 34.1 Å². The van der Waals surface area contributed by atoms with E-state index in [4.69, 9.17) is 0 Å². The Morgan fingerprint density at radius 2 is 1.67 bits per heavy atom. The third-order valence-electron chi connectivity index (χ3n) is 6.14. The van der Waals surface area contributed by atoms with Crippen LogP contribution in [0.4, 0.5) is 0 Å². The minimum absolute atomic E-state index is 0.0250. The average molecular weight is 392 g/mol. The van der Waals surface area contributed by atoms with E-state index in [0.29, 0.717) is 12.1 Å². The van der Waals surface area contributed by atoms with Gasteiger partial charge < -0.3 is 14.9 Å². The van der Waals surface area contributed by atoms with Gasteiger partial charge in [0.2, 0.25) is 0 Å². The minimum Gasteiger partial charge on any atom is -0.361 e. The predicted octanol–water partition coefficient (Wildman–Crippen LogP) is 4.83. The van der Waals surface area contributed by atoms with E-state index in [9.17, 15) is 4.79 Å². The summed E-state index contributed by atoms with van der Waals surface area (Å²) in [6.07, 6.45) is 6.22. The molecule has 2 N–H and O–H groups in total. The molecule has 0 spiro atoms. The number of carbonyl (C=O) groups excluding carboxylic acids is 1. The van der Waals surface area contributed by atoms with Gasteiger partial charge in [0.25, 0.3) is 5.91 Å². The number of rotatable bonds is 2. The van der Waals surface area contributed by atoms with Gasteiger partial charge in [-0.1, -0.05) is 36.4 Å². The largest absolute Gasteiger partial charge is 0.361 e. The second kappa shape index (κ2) is 6.59. The van der Waals surface area contributed by atoms with Gasteiger partial charge in [-0.2, -0.15) is 0 Å². The Bertz CT molecular complexity index is 1380. The zero-order valence-corrected chi connectivity index (χ0v) is 16.3. The van der Waals surface area contributed by atoms with Gasteiger partial charge >= 0.3 is 0 Å². The summed E-state index contributed by atoms with van der Waals surface area (Å²) in [4.78, 5) is 26.6. The van der Waals surface area contributed by atoms with Gasteiger partial charge in [-0.3, -0.25) is 9.78 Å². The van der Waals surface area contributed by atoms with Gasteiger partial charge in [0, 0.05) is 63.8 Å². The molecule has 0 aliphatic carbocycles. The first kappa shape index (κ1) is 17.0. The van der Waals surface area contributed by atoms with Crippen LogP contribution in [0.1, 0.15) is 33.2 Å². The molecule has 0 saturated heterocycles. The maximum atomic E-state index is 13.5. The first-order valence-electron chi connectivity index (χ1n) is 10.2. The zero-order chi connectivity index (χ0) is 20.1. The fraction of sp³-hybridized carbons (Fsp3) is 0.120. The molecule has 30 heavy (non-hydrogen) atoms. The van der Waals surface area contributed by atoms with Crippen LogP contribution in [-0.4, -0.2) is 32.3 Å². The Balaban J connectivity index is 1.58. The standard InChI is InChI=1S/C25H20N4O/c30-25(16-9-12-26-13-10-16)29-14-11-19-17-5-2-4-8-22(17)28-23(19)24(29)20-15-27-21-7-3-1-6-18(20)21/h1-10,12-13,15,24,27-28H,11,14H2. The van der Waals surface area contributed by atoms with Gasteiger partial charge in [-0.05, 0) is 36.2 Å². The molecule has 0 bridgehead atoms. The van der Waals surface area contributed by atoms with Crippen LogP contribution in [0.15, 0.2) is 79.3 Å². The highest BCUT2D eigenvalue weighted by Crippen LogP contribution is 2.41. The Morgan fingerprint density at radius 1 is 0.933 bits per heavy atom. The number of aromatic amines is 2. The number of hydrogen-bond donors (Lipinski definition) is 2. The molecule has 1 amide bonds. The van der Waals surface area contributed by atoms with Crippen molar-refractivity contribution >= 4 is 27.7 Å². The molecule has 5 heteroatoms. The SMILES string of the molecule is O=C(c1ccncc1)N1CCc2c([nH]c3ccccc23)C1c1c[nH]c2ccccc12. The van der Waals surface area contributed by atoms with Crippen LogP contribution in [0.2, 0.25) is 0 Å². The van der Waals surface area contributed by atoms with E-state index in [-0.39, 0.29) is 11.9 Å². The highest BCUT2D eigenvalue weighted by molar-refractivity contribution is 5.96. The molecular weight excluding hydrogens is 372 g/mol. The first-order valence-corrected chi connectivity index (χ1v) is 10.2. The summed E-state index contributed by atoms with van der Waals surface area (Å²) < 4.78 is 0. The van der Waals surface area contributed by atoms with E-state index in [2.05, 4.69) is 45.3 Å². The van der Waals surface area contributed by atoms with E-state index < -0.39 is 0 Å². The second-order valence-electron chi connectivity index (χ2n) is 7.74. The first-order chi connectivity index (χ1) is 14.8. The molecule has 1 atom stereocenters. The Kier molecular flexibility index (Phi) is 3.74. The molecule has 0 radical (unpaired) electrons. The lowest BCUT2D eigenvalue weighted by Gasteiger charge is -2.36.